The lowest BCUT2D eigenvalue weighted by Gasteiger charge is -2.38. The molecule has 2 aliphatic rings. The van der Waals surface area contributed by atoms with Crippen molar-refractivity contribution in [1.29, 1.82) is 0 Å². The van der Waals surface area contributed by atoms with Crippen molar-refractivity contribution in [2.24, 2.45) is 5.41 Å². The number of carbonyl (C=O) groups is 2. The molecule has 1 spiro atoms. The standard InChI is InChI=1S/C24H33NO5/c1-8-23(5,6)22(27)29-20-19(18-16(3)13-15(2)14-17(18)4)21(26)30-24(20)9-11-25(28-7)12-10-24/h13-14H,8-12H2,1-7H3. The van der Waals surface area contributed by atoms with Gasteiger partial charge in [-0.05, 0) is 57.7 Å². The van der Waals surface area contributed by atoms with Gasteiger partial charge in [0.05, 0.1) is 12.5 Å². The smallest absolute Gasteiger partial charge is 0.343 e. The molecule has 0 bridgehead atoms. The van der Waals surface area contributed by atoms with Crippen LogP contribution in [0.25, 0.3) is 5.57 Å². The molecule has 0 amide bonds. The number of carbonyl (C=O) groups excluding carboxylic acids is 2. The van der Waals surface area contributed by atoms with Crippen molar-refractivity contribution in [3.8, 4) is 0 Å². The van der Waals surface area contributed by atoms with Gasteiger partial charge in [-0.3, -0.25) is 4.79 Å². The van der Waals surface area contributed by atoms with Crippen LogP contribution in [-0.4, -0.2) is 42.8 Å². The van der Waals surface area contributed by atoms with Gasteiger partial charge in [0.1, 0.15) is 5.57 Å². The van der Waals surface area contributed by atoms with Crippen molar-refractivity contribution in [2.45, 2.75) is 66.4 Å². The van der Waals surface area contributed by atoms with Crippen molar-refractivity contribution < 1.29 is 23.9 Å². The van der Waals surface area contributed by atoms with Crippen LogP contribution in [0.3, 0.4) is 0 Å². The average molecular weight is 416 g/mol. The zero-order valence-electron chi connectivity index (χ0n) is 19.2. The third kappa shape index (κ3) is 3.91. The predicted octanol–water partition coefficient (Wildman–Crippen LogP) is 4.26. The Morgan fingerprint density at radius 2 is 1.73 bits per heavy atom. The molecule has 0 unspecified atom stereocenters. The summed E-state index contributed by atoms with van der Waals surface area (Å²) in [6.07, 6.45) is 1.65. The van der Waals surface area contributed by atoms with E-state index in [4.69, 9.17) is 14.3 Å². The van der Waals surface area contributed by atoms with Gasteiger partial charge in [-0.1, -0.05) is 24.6 Å². The second-order valence-corrected chi connectivity index (χ2v) is 9.10. The normalized spacial score (nSPS) is 19.4. The number of ether oxygens (including phenoxy) is 2. The minimum atomic E-state index is -0.940. The second-order valence-electron chi connectivity index (χ2n) is 9.10. The highest BCUT2D eigenvalue weighted by Crippen LogP contribution is 2.47. The van der Waals surface area contributed by atoms with E-state index in [1.54, 1.807) is 7.11 Å². The van der Waals surface area contributed by atoms with Crippen molar-refractivity contribution >= 4 is 17.5 Å². The number of benzene rings is 1. The fourth-order valence-corrected chi connectivity index (χ4v) is 4.26. The summed E-state index contributed by atoms with van der Waals surface area (Å²) in [6, 6.07) is 4.08. The van der Waals surface area contributed by atoms with E-state index < -0.39 is 17.0 Å². The number of nitrogens with zero attached hydrogens (tertiary/aromatic N) is 1. The summed E-state index contributed by atoms with van der Waals surface area (Å²) < 4.78 is 12.0. The fraction of sp³-hybridized carbons (Fsp3) is 0.583. The Kier molecular flexibility index (Phi) is 6.12. The van der Waals surface area contributed by atoms with E-state index in [1.165, 1.54) is 0 Å². The molecule has 164 valence electrons. The number of esters is 2. The maximum atomic E-state index is 13.2. The Labute approximate surface area is 179 Å². The highest BCUT2D eigenvalue weighted by atomic mass is 16.7. The van der Waals surface area contributed by atoms with Crippen molar-refractivity contribution in [1.82, 2.24) is 5.06 Å². The van der Waals surface area contributed by atoms with Crippen molar-refractivity contribution in [3.63, 3.8) is 0 Å². The molecule has 0 aliphatic carbocycles. The van der Waals surface area contributed by atoms with Gasteiger partial charge in [-0.25, -0.2) is 4.79 Å². The summed E-state index contributed by atoms with van der Waals surface area (Å²) in [4.78, 5) is 31.6. The molecule has 1 fully saturated rings. The monoisotopic (exact) mass is 415 g/mol. The fourth-order valence-electron chi connectivity index (χ4n) is 4.26. The molecule has 6 nitrogen and oxygen atoms in total. The van der Waals surface area contributed by atoms with Crippen LogP contribution >= 0.6 is 0 Å². The highest BCUT2D eigenvalue weighted by Gasteiger charge is 2.53. The van der Waals surface area contributed by atoms with Crippen LogP contribution in [0.2, 0.25) is 0 Å². The van der Waals surface area contributed by atoms with E-state index in [9.17, 15) is 9.59 Å². The van der Waals surface area contributed by atoms with Crippen molar-refractivity contribution in [3.05, 3.63) is 40.1 Å². The van der Waals surface area contributed by atoms with Gasteiger partial charge in [-0.2, -0.15) is 5.06 Å². The summed E-state index contributed by atoms with van der Waals surface area (Å²) in [5.41, 5.74) is 2.64. The number of rotatable bonds is 5. The average Bonchev–Trinajstić information content (AvgIpc) is 2.93. The van der Waals surface area contributed by atoms with Gasteiger partial charge in [0.15, 0.2) is 11.4 Å². The largest absolute Gasteiger partial charge is 0.447 e. The molecule has 0 N–H and O–H groups in total. The minimum Gasteiger partial charge on any atom is -0.447 e. The van der Waals surface area contributed by atoms with E-state index in [0.717, 1.165) is 22.3 Å². The van der Waals surface area contributed by atoms with Gasteiger partial charge >= 0.3 is 11.9 Å². The predicted molar refractivity (Wildman–Crippen MR) is 114 cm³/mol. The summed E-state index contributed by atoms with van der Waals surface area (Å²) in [6.45, 7) is 12.8. The van der Waals surface area contributed by atoms with E-state index in [-0.39, 0.29) is 5.97 Å². The number of hydrogen-bond donors (Lipinski definition) is 0. The first-order valence-electron chi connectivity index (χ1n) is 10.6. The Balaban J connectivity index is 2.16. The number of hydrogen-bond acceptors (Lipinski definition) is 6. The summed E-state index contributed by atoms with van der Waals surface area (Å²) in [5, 5.41) is 1.83. The molecule has 0 radical (unpaired) electrons. The lowest BCUT2D eigenvalue weighted by atomic mass is 9.85. The molecule has 1 aromatic rings. The van der Waals surface area contributed by atoms with Gasteiger partial charge < -0.3 is 14.3 Å². The Morgan fingerprint density at radius 1 is 1.17 bits per heavy atom. The molecule has 0 saturated carbocycles. The van der Waals surface area contributed by atoms with E-state index in [1.807, 2.05) is 58.7 Å². The molecule has 2 aliphatic heterocycles. The third-order valence-corrected chi connectivity index (χ3v) is 6.48. The van der Waals surface area contributed by atoms with Gasteiger partial charge in [0.2, 0.25) is 0 Å². The van der Waals surface area contributed by atoms with Crippen LogP contribution in [0.15, 0.2) is 17.9 Å². The first-order chi connectivity index (χ1) is 14.0. The molecule has 1 aromatic carbocycles. The Hall–Kier alpha value is -2.18. The second kappa shape index (κ2) is 8.16. The maximum Gasteiger partial charge on any atom is 0.343 e. The molecule has 2 heterocycles. The van der Waals surface area contributed by atoms with E-state index in [0.29, 0.717) is 43.7 Å². The lowest BCUT2D eigenvalue weighted by molar-refractivity contribution is -0.186. The van der Waals surface area contributed by atoms with Crippen LogP contribution in [0.5, 0.6) is 0 Å². The summed E-state index contributed by atoms with van der Waals surface area (Å²) in [7, 11) is 1.63. The SMILES string of the molecule is CCC(C)(C)C(=O)OC1=C(c2c(C)cc(C)cc2C)C(=O)OC12CCN(OC)CC2. The zero-order chi connectivity index (χ0) is 22.3. The van der Waals surface area contributed by atoms with Gasteiger partial charge in [-0.15, -0.1) is 0 Å². The molecule has 1 saturated heterocycles. The molecular weight excluding hydrogens is 382 g/mol. The van der Waals surface area contributed by atoms with Crippen LogP contribution in [0.4, 0.5) is 0 Å². The minimum absolute atomic E-state index is 0.341. The number of hydroxylamine groups is 2. The zero-order valence-corrected chi connectivity index (χ0v) is 19.2. The third-order valence-electron chi connectivity index (χ3n) is 6.48. The topological polar surface area (TPSA) is 65.1 Å². The Morgan fingerprint density at radius 3 is 2.23 bits per heavy atom. The van der Waals surface area contributed by atoms with Crippen molar-refractivity contribution in [2.75, 3.05) is 20.2 Å². The lowest BCUT2D eigenvalue weighted by Crippen LogP contribution is -2.46. The number of piperidine rings is 1. The molecular formula is C24H33NO5. The highest BCUT2D eigenvalue weighted by molar-refractivity contribution is 6.21. The van der Waals surface area contributed by atoms with E-state index in [2.05, 4.69) is 0 Å². The first-order valence-corrected chi connectivity index (χ1v) is 10.6. The van der Waals surface area contributed by atoms with Crippen LogP contribution in [0, 0.1) is 26.2 Å². The van der Waals surface area contributed by atoms with Crippen LogP contribution in [-0.2, 0) is 23.9 Å². The summed E-state index contributed by atoms with van der Waals surface area (Å²) in [5.74, 6) is -0.399. The van der Waals surface area contributed by atoms with E-state index >= 15 is 0 Å². The van der Waals surface area contributed by atoms with Crippen LogP contribution < -0.4 is 0 Å². The molecule has 3 rings (SSSR count). The van der Waals surface area contributed by atoms with Gasteiger partial charge in [0.25, 0.3) is 0 Å². The Bertz CT molecular complexity index is 868. The van der Waals surface area contributed by atoms with Crippen LogP contribution in [0.1, 0.15) is 62.3 Å². The molecule has 30 heavy (non-hydrogen) atoms. The molecule has 0 aromatic heterocycles. The first kappa shape index (κ1) is 22.5. The maximum absolute atomic E-state index is 13.2. The number of aryl methyl sites for hydroxylation is 3. The molecule has 6 heteroatoms. The molecule has 0 atom stereocenters. The summed E-state index contributed by atoms with van der Waals surface area (Å²) >= 11 is 0. The van der Waals surface area contributed by atoms with Gasteiger partial charge in [0, 0.05) is 25.9 Å². The quantitative estimate of drug-likeness (QED) is 0.670.